The highest BCUT2D eigenvalue weighted by atomic mass is 14.5. The molecule has 328 valence electrons. The molecule has 0 radical (unpaired) electrons. The summed E-state index contributed by atoms with van der Waals surface area (Å²) in [7, 11) is 0. The van der Waals surface area contributed by atoms with Crippen LogP contribution in [0, 0.1) is 19.8 Å². The number of nitrogen functional groups attached to an aromatic ring is 2. The van der Waals surface area contributed by atoms with Crippen LogP contribution in [0.4, 0.5) is 11.4 Å². The molecule has 60 heavy (non-hydrogen) atoms. The lowest BCUT2D eigenvalue weighted by Crippen LogP contribution is -2.33. The predicted octanol–water partition coefficient (Wildman–Crippen LogP) is 17.5. The van der Waals surface area contributed by atoms with E-state index in [4.69, 9.17) is 11.5 Å². The highest BCUT2D eigenvalue weighted by Crippen LogP contribution is 2.48. The fourth-order valence-corrected chi connectivity index (χ4v) is 10.9. The minimum Gasteiger partial charge on any atom is -0.399 e. The number of aryl methyl sites for hydroxylation is 2. The van der Waals surface area contributed by atoms with Gasteiger partial charge in [0.15, 0.2) is 0 Å². The third-order valence-corrected chi connectivity index (χ3v) is 14.7. The highest BCUT2D eigenvalue weighted by Gasteiger charge is 2.38. The zero-order valence-electron chi connectivity index (χ0n) is 39.1. The van der Waals surface area contributed by atoms with E-state index in [0.29, 0.717) is 11.8 Å². The summed E-state index contributed by atoms with van der Waals surface area (Å²) in [6.45, 7) is 11.5. The van der Waals surface area contributed by atoms with E-state index in [2.05, 4.69) is 120 Å². The second-order valence-electron chi connectivity index (χ2n) is 19.3. The van der Waals surface area contributed by atoms with Crippen molar-refractivity contribution in [3.8, 4) is 0 Å². The van der Waals surface area contributed by atoms with Crippen molar-refractivity contribution >= 4 is 11.4 Å². The Morgan fingerprint density at radius 2 is 0.833 bits per heavy atom. The average Bonchev–Trinajstić information content (AvgIpc) is 3.26. The van der Waals surface area contributed by atoms with Crippen molar-refractivity contribution in [2.75, 3.05) is 11.5 Å². The molecule has 0 bridgehead atoms. The SMILES string of the molecule is CCCCCCCCCCC(c1ccc(C2(c3ccc(C(CCCCCCCCCC)c4ccc(N)cc4C)cc3)CCC(CCCC)CC2)cc1)c1ccc(N)cc1C. The van der Waals surface area contributed by atoms with Gasteiger partial charge in [-0.25, -0.2) is 0 Å². The maximum atomic E-state index is 6.28. The van der Waals surface area contributed by atoms with Gasteiger partial charge in [-0.1, -0.05) is 203 Å². The highest BCUT2D eigenvalue weighted by molar-refractivity contribution is 5.51. The Bertz CT molecular complexity index is 1660. The first-order chi connectivity index (χ1) is 29.3. The van der Waals surface area contributed by atoms with E-state index in [9.17, 15) is 0 Å². The molecule has 0 spiro atoms. The normalized spacial score (nSPS) is 17.8. The van der Waals surface area contributed by atoms with Gasteiger partial charge in [-0.2, -0.15) is 0 Å². The Morgan fingerprint density at radius 1 is 0.467 bits per heavy atom. The second kappa shape index (κ2) is 25.4. The lowest BCUT2D eigenvalue weighted by molar-refractivity contribution is 0.251. The molecule has 0 aliphatic heterocycles. The molecule has 2 nitrogen and oxygen atoms in total. The molecule has 0 heterocycles. The molecule has 4 N–H and O–H groups in total. The van der Waals surface area contributed by atoms with E-state index in [0.717, 1.165) is 17.3 Å². The van der Waals surface area contributed by atoms with Crippen molar-refractivity contribution in [2.24, 2.45) is 5.92 Å². The quantitative estimate of drug-likeness (QED) is 0.0466. The van der Waals surface area contributed by atoms with Gasteiger partial charge in [0.2, 0.25) is 0 Å². The van der Waals surface area contributed by atoms with Crippen LogP contribution in [0.15, 0.2) is 84.9 Å². The van der Waals surface area contributed by atoms with Crippen molar-refractivity contribution in [1.29, 1.82) is 0 Å². The first-order valence-corrected chi connectivity index (χ1v) is 25.2. The summed E-state index contributed by atoms with van der Waals surface area (Å²) in [5, 5.41) is 0. The zero-order chi connectivity index (χ0) is 42.6. The number of rotatable bonds is 27. The van der Waals surface area contributed by atoms with E-state index in [1.165, 1.54) is 205 Å². The third-order valence-electron chi connectivity index (χ3n) is 14.7. The summed E-state index contributed by atoms with van der Waals surface area (Å²) in [6.07, 6.45) is 33.2. The molecule has 0 saturated heterocycles. The molecule has 2 heteroatoms. The van der Waals surface area contributed by atoms with Crippen LogP contribution in [-0.2, 0) is 5.41 Å². The summed E-state index contributed by atoms with van der Waals surface area (Å²) in [5.41, 5.74) is 25.8. The predicted molar refractivity (Wildman–Crippen MR) is 264 cm³/mol. The molecule has 5 rings (SSSR count). The molecule has 4 aromatic rings. The van der Waals surface area contributed by atoms with Gasteiger partial charge in [0, 0.05) is 28.6 Å². The molecule has 0 aromatic heterocycles. The maximum Gasteiger partial charge on any atom is 0.0316 e. The van der Waals surface area contributed by atoms with Gasteiger partial charge in [0.25, 0.3) is 0 Å². The van der Waals surface area contributed by atoms with Crippen molar-refractivity contribution in [1.82, 2.24) is 0 Å². The largest absolute Gasteiger partial charge is 0.399 e. The van der Waals surface area contributed by atoms with Gasteiger partial charge >= 0.3 is 0 Å². The summed E-state index contributed by atoms with van der Waals surface area (Å²) < 4.78 is 0. The van der Waals surface area contributed by atoms with Crippen LogP contribution < -0.4 is 11.5 Å². The number of hydrogen-bond donors (Lipinski definition) is 2. The fourth-order valence-electron chi connectivity index (χ4n) is 10.9. The van der Waals surface area contributed by atoms with Crippen molar-refractivity contribution in [3.05, 3.63) is 129 Å². The second-order valence-corrected chi connectivity index (χ2v) is 19.3. The molecule has 1 aliphatic carbocycles. The molecule has 2 atom stereocenters. The van der Waals surface area contributed by atoms with Gasteiger partial charge in [-0.3, -0.25) is 0 Å². The first kappa shape index (κ1) is 47.5. The van der Waals surface area contributed by atoms with Crippen LogP contribution in [0.3, 0.4) is 0 Å². The number of hydrogen-bond acceptors (Lipinski definition) is 2. The van der Waals surface area contributed by atoms with Crippen LogP contribution in [0.1, 0.15) is 238 Å². The standard InChI is InChI=1S/C58H86N2/c1-6-9-12-14-16-18-20-22-25-56(54-37-35-52(59)43-45(54)4)48-27-31-50(32-28-48)58(41-39-47(40-42-58)24-11-8-3)51-33-29-49(30-34-51)57(55-38-36-53(60)44-46(55)5)26-23-21-19-17-15-13-10-7-2/h27-38,43-44,47,56-57H,6-26,39-42,59-60H2,1-5H3. The lowest BCUT2D eigenvalue weighted by atomic mass is 9.62. The van der Waals surface area contributed by atoms with E-state index in [-0.39, 0.29) is 5.41 Å². The topological polar surface area (TPSA) is 52.0 Å². The number of unbranched alkanes of at least 4 members (excludes halogenated alkanes) is 15. The van der Waals surface area contributed by atoms with E-state index in [1.807, 2.05) is 0 Å². The van der Waals surface area contributed by atoms with E-state index in [1.54, 1.807) is 0 Å². The monoisotopic (exact) mass is 811 g/mol. The molecule has 0 amide bonds. The van der Waals surface area contributed by atoms with Gasteiger partial charge in [0.1, 0.15) is 0 Å². The smallest absolute Gasteiger partial charge is 0.0316 e. The van der Waals surface area contributed by atoms with Gasteiger partial charge in [-0.05, 0) is 127 Å². The Morgan fingerprint density at radius 3 is 1.20 bits per heavy atom. The van der Waals surface area contributed by atoms with E-state index < -0.39 is 0 Å². The lowest BCUT2D eigenvalue weighted by Gasteiger charge is -2.42. The molecule has 1 saturated carbocycles. The van der Waals surface area contributed by atoms with Crippen LogP contribution in [-0.4, -0.2) is 0 Å². The van der Waals surface area contributed by atoms with Crippen LogP contribution in [0.5, 0.6) is 0 Å². The van der Waals surface area contributed by atoms with Crippen molar-refractivity contribution in [2.45, 2.75) is 212 Å². The van der Waals surface area contributed by atoms with Crippen LogP contribution in [0.25, 0.3) is 0 Å². The molecule has 1 fully saturated rings. The zero-order valence-corrected chi connectivity index (χ0v) is 39.1. The summed E-state index contributed by atoms with van der Waals surface area (Å²) in [6, 6.07) is 33.3. The van der Waals surface area contributed by atoms with E-state index >= 15 is 0 Å². The van der Waals surface area contributed by atoms with Gasteiger partial charge in [-0.15, -0.1) is 0 Å². The minimum atomic E-state index is 0.0501. The van der Waals surface area contributed by atoms with Crippen LogP contribution >= 0.6 is 0 Å². The molecule has 2 unspecified atom stereocenters. The molecule has 4 aromatic carbocycles. The minimum absolute atomic E-state index is 0.0501. The van der Waals surface area contributed by atoms with Crippen LogP contribution in [0.2, 0.25) is 0 Å². The van der Waals surface area contributed by atoms with Crippen molar-refractivity contribution < 1.29 is 0 Å². The first-order valence-electron chi connectivity index (χ1n) is 25.2. The Balaban J connectivity index is 1.40. The Hall–Kier alpha value is -3.52. The Kier molecular flexibility index (Phi) is 20.1. The number of benzene rings is 4. The summed E-state index contributed by atoms with van der Waals surface area (Å²) in [4.78, 5) is 0. The molecule has 1 aliphatic rings. The molecular weight excluding hydrogens is 725 g/mol. The third kappa shape index (κ3) is 13.7. The summed E-state index contributed by atoms with van der Waals surface area (Å²) >= 11 is 0. The average molecular weight is 811 g/mol. The van der Waals surface area contributed by atoms with Gasteiger partial charge < -0.3 is 11.5 Å². The molecular formula is C58H86N2. The fraction of sp³-hybridized carbons (Fsp3) is 0.586. The summed E-state index contributed by atoms with van der Waals surface area (Å²) in [5.74, 6) is 1.65. The Labute approximate surface area is 369 Å². The number of anilines is 2. The van der Waals surface area contributed by atoms with Crippen molar-refractivity contribution in [3.63, 3.8) is 0 Å². The van der Waals surface area contributed by atoms with Gasteiger partial charge in [0.05, 0.1) is 0 Å². The number of nitrogens with two attached hydrogens (primary N) is 2. The maximum absolute atomic E-state index is 6.28.